The SMILES string of the molecule is Cc1c[n+](C)c(-c2c(C)cc(C)c3c2Cc2ccccc2-3)cc1C1CCC2(CCCCC2)CC1.Cc1c[n+](C)c(-c2c(C)ccc3c2Cc2cccc(C)c2-3)cc1C1CCC2(CCCCC2)CC1.Cc1ccc2c(c1)-c1ccc(C)c(-c3cc(C4CCC5(CCCCC5)CC4)c(C)c[n+]3C)c1C2.Cc1ccc2c(c1)Cc1c-2ccc(C)c1-c1cc(C2CCC3(CCCCC3)CC2)c(C)c[n+]1C. The molecule has 0 amide bonds. The van der Waals surface area contributed by atoms with Gasteiger partial charge in [0.15, 0.2) is 24.8 Å². The fourth-order valence-corrected chi connectivity index (χ4v) is 31.1. The number of aromatic nitrogens is 4. The van der Waals surface area contributed by atoms with Crippen molar-refractivity contribution >= 4 is 0 Å². The minimum Gasteiger partial charge on any atom is -0.201 e. The van der Waals surface area contributed by atoms with Gasteiger partial charge in [-0.25, -0.2) is 18.3 Å². The van der Waals surface area contributed by atoms with Crippen LogP contribution in [0.15, 0.2) is 170 Å². The number of nitrogens with zero attached hydrogens (tertiary/aromatic N) is 4. The van der Waals surface area contributed by atoms with Gasteiger partial charge in [-0.2, -0.15) is 0 Å². The second-order valence-corrected chi connectivity index (χ2v) is 47.4. The molecule has 0 unspecified atom stereocenters. The summed E-state index contributed by atoms with van der Waals surface area (Å²) < 4.78 is 9.57. The Morgan fingerprint density at radius 3 is 0.934 bits per heavy atom. The third-order valence-electron chi connectivity index (χ3n) is 38.6. The molecular formula is C132H160N4+4. The van der Waals surface area contributed by atoms with Crippen molar-refractivity contribution in [3.05, 3.63) is 304 Å². The summed E-state index contributed by atoms with van der Waals surface area (Å²) in [5, 5.41) is 0. The summed E-state index contributed by atoms with van der Waals surface area (Å²) >= 11 is 0. The van der Waals surface area contributed by atoms with Gasteiger partial charge < -0.3 is 0 Å². The van der Waals surface area contributed by atoms with Crippen molar-refractivity contribution < 1.29 is 18.3 Å². The largest absolute Gasteiger partial charge is 0.213 e. The Morgan fingerprint density at radius 1 is 0.206 bits per heavy atom. The molecule has 136 heavy (non-hydrogen) atoms. The second kappa shape index (κ2) is 37.8. The van der Waals surface area contributed by atoms with E-state index in [-0.39, 0.29) is 0 Å². The lowest BCUT2D eigenvalue weighted by atomic mass is 9.62. The van der Waals surface area contributed by atoms with E-state index in [4.69, 9.17) is 0 Å². The number of rotatable bonds is 8. The van der Waals surface area contributed by atoms with Crippen molar-refractivity contribution in [2.45, 2.75) is 364 Å². The number of hydrogen-bond acceptors (Lipinski definition) is 0. The molecule has 12 aliphatic carbocycles. The van der Waals surface area contributed by atoms with Crippen LogP contribution in [-0.4, -0.2) is 0 Å². The molecule has 12 aromatic rings. The van der Waals surface area contributed by atoms with E-state index in [0.29, 0.717) is 21.7 Å². The number of aryl methyl sites for hydroxylation is 16. The first kappa shape index (κ1) is 92.7. The molecule has 0 N–H and O–H groups in total. The fourth-order valence-electron chi connectivity index (χ4n) is 31.1. The van der Waals surface area contributed by atoms with E-state index in [1.54, 1.807) is 22.3 Å². The van der Waals surface area contributed by atoms with Crippen molar-refractivity contribution in [1.82, 2.24) is 0 Å². The zero-order chi connectivity index (χ0) is 93.8. The van der Waals surface area contributed by atoms with Gasteiger partial charge in [0.25, 0.3) is 0 Å². The minimum absolute atomic E-state index is 0.686. The van der Waals surface area contributed by atoms with E-state index in [0.717, 1.165) is 49.4 Å². The number of hydrogen-bond donors (Lipinski definition) is 0. The lowest BCUT2D eigenvalue weighted by molar-refractivity contribution is -0.661. The number of fused-ring (bicyclic) bond motifs is 12. The van der Waals surface area contributed by atoms with E-state index in [1.165, 1.54) is 432 Å². The van der Waals surface area contributed by atoms with Gasteiger partial charge in [0, 0.05) is 46.5 Å². The van der Waals surface area contributed by atoms with E-state index >= 15 is 0 Å². The van der Waals surface area contributed by atoms with Gasteiger partial charge in [0.05, 0.1) is 22.3 Å². The Labute approximate surface area is 819 Å². The predicted molar refractivity (Wildman–Crippen MR) is 569 cm³/mol. The average Bonchev–Trinajstić information content (AvgIpc) is 1.58. The second-order valence-electron chi connectivity index (χ2n) is 47.4. The van der Waals surface area contributed by atoms with Crippen molar-refractivity contribution in [3.63, 3.8) is 0 Å². The first-order valence-electron chi connectivity index (χ1n) is 54.7. The highest BCUT2D eigenvalue weighted by molar-refractivity contribution is 5.90. The van der Waals surface area contributed by atoms with Crippen molar-refractivity contribution in [2.24, 2.45) is 49.9 Å². The van der Waals surface area contributed by atoms with E-state index in [2.05, 4.69) is 300 Å². The Kier molecular flexibility index (Phi) is 25.8. The third-order valence-corrected chi connectivity index (χ3v) is 38.6. The first-order valence-corrected chi connectivity index (χ1v) is 54.7. The average molecular weight is 1800 g/mol. The maximum absolute atomic E-state index is 2.58. The number of pyridine rings is 4. The van der Waals surface area contributed by atoms with Crippen LogP contribution in [0.5, 0.6) is 0 Å². The van der Waals surface area contributed by atoms with Crippen molar-refractivity contribution in [3.8, 4) is 89.5 Å². The lowest BCUT2D eigenvalue weighted by Gasteiger charge is -2.43. The summed E-state index contributed by atoms with van der Waals surface area (Å²) in [7, 11) is 8.98. The molecule has 8 aromatic carbocycles. The molecule has 0 aliphatic heterocycles. The molecule has 12 aliphatic rings. The third kappa shape index (κ3) is 17.6. The van der Waals surface area contributed by atoms with Gasteiger partial charge in [-0.1, -0.05) is 210 Å². The molecule has 8 saturated carbocycles. The maximum atomic E-state index is 2.58. The molecule has 8 fully saturated rings. The van der Waals surface area contributed by atoms with Crippen LogP contribution >= 0.6 is 0 Å². The molecule has 4 nitrogen and oxygen atoms in total. The molecule has 4 spiro atoms. The van der Waals surface area contributed by atoms with Gasteiger partial charge >= 0.3 is 0 Å². The normalized spacial score (nSPS) is 20.5. The topological polar surface area (TPSA) is 15.5 Å². The van der Waals surface area contributed by atoms with Crippen LogP contribution in [0.4, 0.5) is 0 Å². The molecule has 4 heterocycles. The molecule has 0 radical (unpaired) electrons. The van der Waals surface area contributed by atoms with Crippen LogP contribution in [0.1, 0.15) is 388 Å². The van der Waals surface area contributed by atoms with Gasteiger partial charge in [-0.15, -0.1) is 0 Å². The standard InChI is InChI=1S/4C33H40N/c1-22-18-23(2)32(29-19-26-10-6-7-11-27(26)31(22)29)30-20-28(24(3)21-34(30)4)25-12-16-33(17-13-25)14-8-5-9-15-33;1-22-8-10-27-26(18-22)19-30-28(27)11-9-23(2)32(30)31-20-29(24(3)21-34(31)4)25-12-16-33(17-13-25)14-6-5-7-15-33;1-22-8-10-26-19-30-27(29(26)18-22)11-9-23(2)32(30)31-20-28(24(3)21-34(31)4)25-12-16-33(17-13-25)14-6-5-7-15-33;1-22-9-8-10-26-19-29-27(31(22)26)12-11-23(2)32(29)30-20-28(24(3)21-34(30)4)25-13-17-33(18-14-25)15-6-5-7-16-33/h6-7,10-11,18,20-21,25H,5,8-9,12-17,19H2,1-4H3;2*8-11,18,20-21,25H,5-7,12-17,19H2,1-4H3;8-12,20-21,25H,5-7,13-19H2,1-4H3/q4*+1. The minimum atomic E-state index is 0.686. The Morgan fingerprint density at radius 2 is 0.515 bits per heavy atom. The van der Waals surface area contributed by atoms with Gasteiger partial charge in [0.2, 0.25) is 22.8 Å². The van der Waals surface area contributed by atoms with Crippen LogP contribution in [0.25, 0.3) is 89.5 Å². The Hall–Kier alpha value is -9.64. The lowest BCUT2D eigenvalue weighted by Crippen LogP contribution is -2.33. The summed E-state index contributed by atoms with van der Waals surface area (Å²) in [6, 6.07) is 56.7. The van der Waals surface area contributed by atoms with E-state index < -0.39 is 0 Å². The van der Waals surface area contributed by atoms with Crippen molar-refractivity contribution in [2.75, 3.05) is 0 Å². The maximum Gasteiger partial charge on any atom is 0.213 e. The molecule has 4 aromatic heterocycles. The van der Waals surface area contributed by atoms with Crippen molar-refractivity contribution in [1.29, 1.82) is 0 Å². The highest BCUT2D eigenvalue weighted by Gasteiger charge is 2.44. The molecule has 0 bridgehead atoms. The quantitative estimate of drug-likeness (QED) is 0.135. The van der Waals surface area contributed by atoms with Crippen LogP contribution < -0.4 is 18.3 Å². The Bertz CT molecular complexity index is 6580. The molecule has 4 heteroatoms. The number of benzene rings is 8. The summed E-state index contributed by atoms with van der Waals surface area (Å²) in [5.74, 6) is 2.90. The first-order chi connectivity index (χ1) is 65.8. The molecule has 704 valence electrons. The van der Waals surface area contributed by atoms with Gasteiger partial charge in [-0.05, 0) is 453 Å². The molecule has 0 saturated heterocycles. The van der Waals surface area contributed by atoms with Crippen LogP contribution in [0.2, 0.25) is 0 Å². The van der Waals surface area contributed by atoms with Crippen LogP contribution in [-0.2, 0) is 53.9 Å². The highest BCUT2D eigenvalue weighted by Crippen LogP contribution is 2.59. The zero-order valence-electron chi connectivity index (χ0n) is 86.5. The highest BCUT2D eigenvalue weighted by atomic mass is 14.9. The van der Waals surface area contributed by atoms with E-state index in [1.807, 2.05) is 0 Å². The molecule has 24 rings (SSSR count). The predicted octanol–water partition coefficient (Wildman–Crippen LogP) is 33.1. The summed E-state index contributed by atoms with van der Waals surface area (Å²) in [4.78, 5) is 0. The summed E-state index contributed by atoms with van der Waals surface area (Å²) in [6.07, 6.45) is 66.0. The van der Waals surface area contributed by atoms with Gasteiger partial charge in [-0.3, -0.25) is 0 Å². The monoisotopic (exact) mass is 1800 g/mol. The summed E-state index contributed by atoms with van der Waals surface area (Å²) in [6.45, 7) is 27.6. The van der Waals surface area contributed by atoms with Crippen LogP contribution in [0.3, 0.4) is 0 Å². The smallest absolute Gasteiger partial charge is 0.201 e. The van der Waals surface area contributed by atoms with Crippen LogP contribution in [0, 0.1) is 105 Å². The molecule has 0 atom stereocenters. The van der Waals surface area contributed by atoms with E-state index in [9.17, 15) is 0 Å². The zero-order valence-corrected chi connectivity index (χ0v) is 86.5. The Balaban J connectivity index is 0.000000108. The fraction of sp³-hybridized carbons (Fsp3) is 0.485. The summed E-state index contributed by atoms with van der Waals surface area (Å²) in [5.41, 5.74) is 61.4. The molecular weight excluding hydrogens is 1640 g/mol. The van der Waals surface area contributed by atoms with Gasteiger partial charge in [0.1, 0.15) is 28.2 Å².